The number of aromatic nitrogens is 1. The zero-order chi connectivity index (χ0) is 38.0. The van der Waals surface area contributed by atoms with Gasteiger partial charge in [0.05, 0.1) is 23.3 Å². The first-order chi connectivity index (χ1) is 24.7. The Morgan fingerprint density at radius 1 is 1.04 bits per heavy atom. The number of hydrogen-bond donors (Lipinski definition) is 5. The number of nitrogens with zero attached hydrogens (tertiary/aromatic N) is 2. The molecule has 4 atom stereocenters. The van der Waals surface area contributed by atoms with Gasteiger partial charge in [0.2, 0.25) is 23.6 Å². The molecule has 1 fully saturated rings. The lowest BCUT2D eigenvalue weighted by molar-refractivity contribution is -0.140. The molecule has 0 saturated heterocycles. The van der Waals surface area contributed by atoms with Crippen molar-refractivity contribution in [1.29, 1.82) is 0 Å². The van der Waals surface area contributed by atoms with E-state index in [0.29, 0.717) is 30.6 Å². The average Bonchev–Trinajstić information content (AvgIpc) is 3.75. The molecule has 2 aromatic carbocycles. The number of aliphatic hydroxyl groups is 1. The quantitative estimate of drug-likeness (QED) is 0.109. The third-order valence-corrected chi connectivity index (χ3v) is 9.81. The molecule has 0 bridgehead atoms. The van der Waals surface area contributed by atoms with Crippen molar-refractivity contribution in [3.8, 4) is 11.1 Å². The van der Waals surface area contributed by atoms with E-state index >= 15 is 4.39 Å². The van der Waals surface area contributed by atoms with Gasteiger partial charge in [-0.2, -0.15) is 0 Å². The van der Waals surface area contributed by atoms with E-state index in [1.54, 1.807) is 12.3 Å². The normalized spacial score (nSPS) is 16.9. The Kier molecular flexibility index (Phi) is 14.5. The Labute approximate surface area is 311 Å². The molecule has 282 valence electrons. The highest BCUT2D eigenvalue weighted by Crippen LogP contribution is 2.41. The molecular weight excluding hydrogens is 738 g/mol. The van der Waals surface area contributed by atoms with E-state index in [2.05, 4.69) is 31.9 Å². The standard InChI is InChI=1S/C38H49BrF2N6O5/c1-38(2,3)35(32-18-25(28-19-26(40)12-13-29(28)41)22-46(32)21-24-8-5-4-6-9-24)47(34(50)23-48)17-14-30(42)37(52)45-31-11-7-10-27(31)36(51)44-16-15-43-33(49)20-39/h4-6,8-9,12-13,18-19,22,27,30-31,35,48H,7,10-11,14-17,20-21,23,42H2,1-3H3,(H,43,49)(H,44,51)(H,45,52)/t27-,30+,31+,35+/m1/s1. The lowest BCUT2D eigenvalue weighted by Crippen LogP contribution is -2.51. The Morgan fingerprint density at radius 3 is 2.42 bits per heavy atom. The third-order valence-electron chi connectivity index (χ3n) is 9.30. The second-order valence-electron chi connectivity index (χ2n) is 14.2. The molecule has 14 heteroatoms. The highest BCUT2D eigenvalue weighted by molar-refractivity contribution is 9.09. The highest BCUT2D eigenvalue weighted by Gasteiger charge is 2.38. The van der Waals surface area contributed by atoms with Gasteiger partial charge in [0, 0.05) is 55.2 Å². The van der Waals surface area contributed by atoms with Gasteiger partial charge in [0.15, 0.2) is 0 Å². The van der Waals surface area contributed by atoms with Crippen molar-refractivity contribution in [1.82, 2.24) is 25.4 Å². The Bertz CT molecular complexity index is 1700. The number of amides is 4. The molecule has 4 rings (SSSR count). The average molecular weight is 788 g/mol. The van der Waals surface area contributed by atoms with Crippen LogP contribution in [0.2, 0.25) is 0 Å². The fourth-order valence-electron chi connectivity index (χ4n) is 6.81. The first-order valence-corrected chi connectivity index (χ1v) is 18.6. The zero-order valence-corrected chi connectivity index (χ0v) is 31.4. The summed E-state index contributed by atoms with van der Waals surface area (Å²) in [5, 5.41) is 18.7. The van der Waals surface area contributed by atoms with E-state index in [-0.39, 0.29) is 48.8 Å². The molecule has 0 radical (unpaired) electrons. The third kappa shape index (κ3) is 10.7. The minimum absolute atomic E-state index is 0.00476. The van der Waals surface area contributed by atoms with Crippen LogP contribution in [0.25, 0.3) is 11.1 Å². The summed E-state index contributed by atoms with van der Waals surface area (Å²) in [7, 11) is 0. The summed E-state index contributed by atoms with van der Waals surface area (Å²) >= 11 is 3.07. The molecule has 11 nitrogen and oxygen atoms in total. The van der Waals surface area contributed by atoms with Crippen molar-refractivity contribution in [2.45, 2.75) is 71.1 Å². The van der Waals surface area contributed by atoms with Crippen LogP contribution in [-0.2, 0) is 25.7 Å². The van der Waals surface area contributed by atoms with Crippen LogP contribution < -0.4 is 21.7 Å². The number of nitrogens with one attached hydrogen (secondary N) is 3. The Hall–Kier alpha value is -4.14. The molecule has 0 aliphatic heterocycles. The van der Waals surface area contributed by atoms with E-state index in [0.717, 1.165) is 30.2 Å². The maximum absolute atomic E-state index is 15.0. The summed E-state index contributed by atoms with van der Waals surface area (Å²) in [6.45, 7) is 5.92. The van der Waals surface area contributed by atoms with Crippen molar-refractivity contribution in [3.63, 3.8) is 0 Å². The summed E-state index contributed by atoms with van der Waals surface area (Å²) in [5.74, 6) is -3.09. The van der Waals surface area contributed by atoms with E-state index < -0.39 is 59.5 Å². The summed E-state index contributed by atoms with van der Waals surface area (Å²) in [6, 6.07) is 12.4. The van der Waals surface area contributed by atoms with Crippen LogP contribution in [0.1, 0.15) is 63.8 Å². The van der Waals surface area contributed by atoms with Crippen LogP contribution in [0, 0.1) is 23.0 Å². The second-order valence-corrected chi connectivity index (χ2v) is 14.8. The Balaban J connectivity index is 1.55. The topological polar surface area (TPSA) is 159 Å². The molecule has 1 aliphatic carbocycles. The van der Waals surface area contributed by atoms with Crippen molar-refractivity contribution in [2.24, 2.45) is 17.1 Å². The van der Waals surface area contributed by atoms with Gasteiger partial charge < -0.3 is 36.3 Å². The fourth-order valence-corrected chi connectivity index (χ4v) is 7.01. The molecule has 1 aromatic heterocycles. The first kappa shape index (κ1) is 40.6. The number of halogens is 3. The largest absolute Gasteiger partial charge is 0.387 e. The molecule has 1 heterocycles. The predicted molar refractivity (Wildman–Crippen MR) is 198 cm³/mol. The first-order valence-electron chi connectivity index (χ1n) is 17.5. The van der Waals surface area contributed by atoms with Gasteiger partial charge in [0.1, 0.15) is 18.2 Å². The molecule has 52 heavy (non-hydrogen) atoms. The second kappa shape index (κ2) is 18.6. The van der Waals surface area contributed by atoms with Crippen LogP contribution >= 0.6 is 15.9 Å². The molecular formula is C38H49BrF2N6O5. The van der Waals surface area contributed by atoms with Gasteiger partial charge in [-0.05, 0) is 54.5 Å². The van der Waals surface area contributed by atoms with Crippen LogP contribution in [0.3, 0.4) is 0 Å². The fraction of sp³-hybridized carbons (Fsp3) is 0.474. The van der Waals surface area contributed by atoms with Gasteiger partial charge in [-0.3, -0.25) is 19.2 Å². The monoisotopic (exact) mass is 786 g/mol. The molecule has 1 saturated carbocycles. The summed E-state index contributed by atoms with van der Waals surface area (Å²) in [5.41, 5.74) is 7.82. The van der Waals surface area contributed by atoms with Crippen LogP contribution in [-0.4, -0.2) is 81.9 Å². The number of carbonyl (C=O) groups excluding carboxylic acids is 4. The smallest absolute Gasteiger partial charge is 0.248 e. The SMILES string of the molecule is CC(C)(C)[C@H](c1cc(-c2cc(F)ccc2F)cn1Cc1ccccc1)N(CC[C@H](N)C(=O)N[C@H]1CCC[C@H]1C(=O)NCCNC(=O)CBr)C(=O)CO. The van der Waals surface area contributed by atoms with Gasteiger partial charge in [-0.1, -0.05) is 73.5 Å². The molecule has 0 unspecified atom stereocenters. The molecule has 4 amide bonds. The number of aliphatic hydroxyl groups excluding tert-OH is 1. The number of benzene rings is 2. The van der Waals surface area contributed by atoms with E-state index in [9.17, 15) is 28.7 Å². The summed E-state index contributed by atoms with van der Waals surface area (Å²) in [4.78, 5) is 52.7. The number of hydrogen-bond acceptors (Lipinski definition) is 6. The Morgan fingerprint density at radius 2 is 1.75 bits per heavy atom. The summed E-state index contributed by atoms with van der Waals surface area (Å²) < 4.78 is 31.3. The number of alkyl halides is 1. The predicted octanol–water partition coefficient (Wildman–Crippen LogP) is 4.02. The number of carbonyl (C=O) groups is 4. The lowest BCUT2D eigenvalue weighted by atomic mass is 9.82. The molecule has 3 aromatic rings. The van der Waals surface area contributed by atoms with Gasteiger partial charge in [0.25, 0.3) is 0 Å². The van der Waals surface area contributed by atoms with E-state index in [1.165, 1.54) is 4.90 Å². The minimum Gasteiger partial charge on any atom is -0.387 e. The van der Waals surface area contributed by atoms with Gasteiger partial charge >= 0.3 is 0 Å². The zero-order valence-electron chi connectivity index (χ0n) is 29.8. The van der Waals surface area contributed by atoms with Crippen LogP contribution in [0.15, 0.2) is 60.8 Å². The number of nitrogens with two attached hydrogens (primary N) is 1. The lowest BCUT2D eigenvalue weighted by Gasteiger charge is -2.41. The van der Waals surface area contributed by atoms with E-state index in [4.69, 9.17) is 5.73 Å². The van der Waals surface area contributed by atoms with Crippen molar-refractivity contribution < 1.29 is 33.1 Å². The molecule has 0 spiro atoms. The van der Waals surface area contributed by atoms with Gasteiger partial charge in [-0.25, -0.2) is 8.78 Å². The maximum Gasteiger partial charge on any atom is 0.248 e. The van der Waals surface area contributed by atoms with Crippen molar-refractivity contribution in [2.75, 3.05) is 31.6 Å². The summed E-state index contributed by atoms with van der Waals surface area (Å²) in [6.07, 6.45) is 3.72. The minimum atomic E-state index is -1.04. The van der Waals surface area contributed by atoms with Gasteiger partial charge in [-0.15, -0.1) is 0 Å². The van der Waals surface area contributed by atoms with Crippen molar-refractivity contribution >= 4 is 39.6 Å². The molecule has 1 aliphatic rings. The van der Waals surface area contributed by atoms with E-state index in [1.807, 2.05) is 55.7 Å². The highest BCUT2D eigenvalue weighted by atomic mass is 79.9. The maximum atomic E-state index is 15.0. The molecule has 6 N–H and O–H groups in total. The van der Waals surface area contributed by atoms with Crippen LogP contribution in [0.4, 0.5) is 8.78 Å². The van der Waals surface area contributed by atoms with Crippen LogP contribution in [0.5, 0.6) is 0 Å². The number of rotatable bonds is 16. The van der Waals surface area contributed by atoms with Crippen molar-refractivity contribution in [3.05, 3.63) is 83.7 Å².